The van der Waals surface area contributed by atoms with Crippen molar-refractivity contribution in [3.8, 4) is 0 Å². The molecular weight excluding hydrogens is 303 g/mol. The molecule has 3 nitrogen and oxygen atoms in total. The molecule has 0 N–H and O–H groups in total. The van der Waals surface area contributed by atoms with Crippen molar-refractivity contribution in [2.45, 2.75) is 32.2 Å². The van der Waals surface area contributed by atoms with Crippen LogP contribution in [0.5, 0.6) is 0 Å². The minimum Gasteiger partial charge on any atom is -0.327 e. The van der Waals surface area contributed by atoms with Crippen LogP contribution in [0.25, 0.3) is 0 Å². The maximum Gasteiger partial charge on any atom is 0.184 e. The third kappa shape index (κ3) is 2.57. The van der Waals surface area contributed by atoms with Crippen LogP contribution in [0, 0.1) is 0 Å². The molecule has 2 aromatic heterocycles. The summed E-state index contributed by atoms with van der Waals surface area (Å²) in [5.74, 6) is -0.0149. The highest BCUT2D eigenvalue weighted by Crippen LogP contribution is 2.32. The highest BCUT2D eigenvalue weighted by molar-refractivity contribution is 7.20. The van der Waals surface area contributed by atoms with E-state index in [0.717, 1.165) is 25.0 Å². The van der Waals surface area contributed by atoms with Gasteiger partial charge >= 0.3 is 0 Å². The molecule has 2 heterocycles. The maximum absolute atomic E-state index is 12.2. The summed E-state index contributed by atoms with van der Waals surface area (Å²) in [7, 11) is 0. The lowest BCUT2D eigenvalue weighted by Gasteiger charge is -2.13. The quantitative estimate of drug-likeness (QED) is 0.802. The zero-order chi connectivity index (χ0) is 13.4. The monoisotopic (exact) mass is 314 g/mol. The predicted molar refractivity (Wildman–Crippen MR) is 77.5 cm³/mol. The zero-order valence-electron chi connectivity index (χ0n) is 10.2. The summed E-state index contributed by atoms with van der Waals surface area (Å²) in [6.45, 7) is 0.287. The van der Waals surface area contributed by atoms with Crippen molar-refractivity contribution in [1.29, 1.82) is 0 Å². The van der Waals surface area contributed by atoms with E-state index in [1.54, 1.807) is 12.4 Å². The third-order valence-electron chi connectivity index (χ3n) is 3.38. The van der Waals surface area contributed by atoms with E-state index in [1.165, 1.54) is 23.5 Å². The van der Waals surface area contributed by atoms with Gasteiger partial charge in [-0.05, 0) is 31.7 Å². The summed E-state index contributed by atoms with van der Waals surface area (Å²) in [6, 6.07) is 1.64. The lowest BCUT2D eigenvalue weighted by Crippen LogP contribution is -2.14. The van der Waals surface area contributed by atoms with Crippen LogP contribution in [-0.4, -0.2) is 15.3 Å². The van der Waals surface area contributed by atoms with Crippen molar-refractivity contribution in [2.24, 2.45) is 0 Å². The standard InChI is InChI=1S/C13H12Cl2N2OS/c14-12-5-8(13(15)19-12)11(18)6-17-7-16-9-3-1-2-4-10(9)17/h5,7H,1-4,6H2. The lowest BCUT2D eigenvalue weighted by atomic mass is 10.0. The number of halogens is 2. The van der Waals surface area contributed by atoms with Gasteiger partial charge in [-0.2, -0.15) is 0 Å². The average Bonchev–Trinajstić information content (AvgIpc) is 2.94. The molecule has 0 spiro atoms. The molecule has 0 aliphatic heterocycles. The molecule has 1 aliphatic carbocycles. The molecule has 0 aromatic carbocycles. The Morgan fingerprint density at radius 2 is 2.16 bits per heavy atom. The van der Waals surface area contributed by atoms with Gasteiger partial charge in [0.1, 0.15) is 4.34 Å². The normalized spacial score (nSPS) is 14.4. The Labute approximate surface area is 125 Å². The molecule has 19 heavy (non-hydrogen) atoms. The largest absolute Gasteiger partial charge is 0.327 e. The smallest absolute Gasteiger partial charge is 0.184 e. The summed E-state index contributed by atoms with van der Waals surface area (Å²) < 4.78 is 2.95. The molecule has 0 unspecified atom stereocenters. The van der Waals surface area contributed by atoms with Gasteiger partial charge in [-0.3, -0.25) is 4.79 Å². The van der Waals surface area contributed by atoms with Gasteiger partial charge in [0.2, 0.25) is 0 Å². The Hall–Kier alpha value is -0.840. The first-order valence-corrected chi connectivity index (χ1v) is 7.73. The van der Waals surface area contributed by atoms with Gasteiger partial charge in [0.25, 0.3) is 0 Å². The van der Waals surface area contributed by atoms with Crippen LogP contribution in [0.3, 0.4) is 0 Å². The van der Waals surface area contributed by atoms with Crippen LogP contribution in [0.1, 0.15) is 34.6 Å². The predicted octanol–water partition coefficient (Wildman–Crippen LogP) is 4.01. The first kappa shape index (κ1) is 13.2. The summed E-state index contributed by atoms with van der Waals surface area (Å²) >= 11 is 13.1. The lowest BCUT2D eigenvalue weighted by molar-refractivity contribution is 0.0971. The number of ketones is 1. The Morgan fingerprint density at radius 1 is 1.37 bits per heavy atom. The van der Waals surface area contributed by atoms with E-state index in [2.05, 4.69) is 4.98 Å². The van der Waals surface area contributed by atoms with Gasteiger partial charge in [-0.1, -0.05) is 23.2 Å². The molecule has 0 atom stereocenters. The fraction of sp³-hybridized carbons (Fsp3) is 0.385. The molecule has 0 saturated heterocycles. The number of thiophene rings is 1. The summed E-state index contributed by atoms with van der Waals surface area (Å²) in [5.41, 5.74) is 2.83. The van der Waals surface area contributed by atoms with Crippen molar-refractivity contribution in [3.05, 3.63) is 38.0 Å². The first-order valence-electron chi connectivity index (χ1n) is 6.16. The number of Topliss-reactive ketones (excluding diaryl/α,β-unsaturated/α-hetero) is 1. The number of carbonyl (C=O) groups excluding carboxylic acids is 1. The number of aromatic nitrogens is 2. The zero-order valence-corrected chi connectivity index (χ0v) is 12.5. The molecule has 0 amide bonds. The molecular formula is C13H12Cl2N2OS. The second-order valence-corrected chi connectivity index (χ2v) is 6.92. The van der Waals surface area contributed by atoms with Gasteiger partial charge < -0.3 is 4.57 Å². The van der Waals surface area contributed by atoms with E-state index in [1.807, 2.05) is 4.57 Å². The van der Waals surface area contributed by atoms with Gasteiger partial charge in [-0.15, -0.1) is 11.3 Å². The fourth-order valence-electron chi connectivity index (χ4n) is 2.44. The minimum atomic E-state index is -0.0149. The van der Waals surface area contributed by atoms with Crippen LogP contribution in [0.15, 0.2) is 12.4 Å². The highest BCUT2D eigenvalue weighted by atomic mass is 35.5. The number of fused-ring (bicyclic) bond motifs is 1. The molecule has 1 aliphatic rings. The van der Waals surface area contributed by atoms with Crippen molar-refractivity contribution in [2.75, 3.05) is 0 Å². The van der Waals surface area contributed by atoms with Crippen LogP contribution in [-0.2, 0) is 19.4 Å². The van der Waals surface area contributed by atoms with E-state index < -0.39 is 0 Å². The molecule has 2 aromatic rings. The molecule has 100 valence electrons. The number of aryl methyl sites for hydroxylation is 1. The van der Waals surface area contributed by atoms with Gasteiger partial charge in [0.15, 0.2) is 5.78 Å². The molecule has 0 fully saturated rings. The van der Waals surface area contributed by atoms with Gasteiger partial charge in [-0.25, -0.2) is 4.98 Å². The fourth-order valence-corrected chi connectivity index (χ4v) is 3.94. The number of imidazole rings is 1. The van der Waals surface area contributed by atoms with Gasteiger partial charge in [0.05, 0.1) is 28.5 Å². The van der Waals surface area contributed by atoms with Crippen LogP contribution in [0.4, 0.5) is 0 Å². The summed E-state index contributed by atoms with van der Waals surface area (Å²) in [5, 5.41) is 0. The van der Waals surface area contributed by atoms with Gasteiger partial charge in [0, 0.05) is 5.69 Å². The minimum absolute atomic E-state index is 0.0149. The average molecular weight is 315 g/mol. The topological polar surface area (TPSA) is 34.9 Å². The summed E-state index contributed by atoms with van der Waals surface area (Å²) in [6.07, 6.45) is 6.12. The van der Waals surface area contributed by atoms with E-state index >= 15 is 0 Å². The molecule has 0 radical (unpaired) electrons. The van der Waals surface area contributed by atoms with Crippen LogP contribution < -0.4 is 0 Å². The molecule has 3 rings (SSSR count). The molecule has 0 bridgehead atoms. The number of nitrogens with zero attached hydrogens (tertiary/aromatic N) is 2. The second-order valence-electron chi connectivity index (χ2n) is 4.63. The third-order valence-corrected chi connectivity index (χ3v) is 4.87. The van der Waals surface area contributed by atoms with E-state index in [0.29, 0.717) is 14.2 Å². The molecule has 0 saturated carbocycles. The van der Waals surface area contributed by atoms with E-state index in [9.17, 15) is 4.79 Å². The summed E-state index contributed by atoms with van der Waals surface area (Å²) in [4.78, 5) is 16.6. The van der Waals surface area contributed by atoms with Crippen molar-refractivity contribution in [3.63, 3.8) is 0 Å². The number of rotatable bonds is 3. The Morgan fingerprint density at radius 3 is 2.89 bits per heavy atom. The second kappa shape index (κ2) is 5.27. The van der Waals surface area contributed by atoms with Crippen molar-refractivity contribution < 1.29 is 4.79 Å². The maximum atomic E-state index is 12.2. The number of hydrogen-bond donors (Lipinski definition) is 0. The van der Waals surface area contributed by atoms with E-state index in [4.69, 9.17) is 23.2 Å². The van der Waals surface area contributed by atoms with Crippen LogP contribution >= 0.6 is 34.5 Å². The highest BCUT2D eigenvalue weighted by Gasteiger charge is 2.19. The Kier molecular flexibility index (Phi) is 3.65. The number of carbonyl (C=O) groups is 1. The van der Waals surface area contributed by atoms with Crippen molar-refractivity contribution in [1.82, 2.24) is 9.55 Å². The Balaban J connectivity index is 1.83. The first-order chi connectivity index (χ1) is 9.15. The molecule has 6 heteroatoms. The van der Waals surface area contributed by atoms with Crippen LogP contribution in [0.2, 0.25) is 8.67 Å². The van der Waals surface area contributed by atoms with E-state index in [-0.39, 0.29) is 12.3 Å². The Bertz CT molecular complexity index is 633. The SMILES string of the molecule is O=C(Cn1cnc2c1CCCC2)c1cc(Cl)sc1Cl. The number of hydrogen-bond acceptors (Lipinski definition) is 3. The van der Waals surface area contributed by atoms with Crippen molar-refractivity contribution >= 4 is 40.3 Å².